The molecule has 1 N–H and O–H groups in total. The molecular weight excluding hydrogens is 205 g/mol. The molecule has 1 aliphatic rings. The van der Waals surface area contributed by atoms with Gasteiger partial charge in [0.05, 0.1) is 0 Å². The number of carbonyl (C=O) groups excluding carboxylic acids is 1. The van der Waals surface area contributed by atoms with Gasteiger partial charge in [-0.05, 0) is 48.6 Å². The Morgan fingerprint density at radius 1 is 1.50 bits per heavy atom. The molecule has 0 heterocycles. The molecule has 0 atom stereocenters. The van der Waals surface area contributed by atoms with Crippen LogP contribution in [0.4, 0.5) is 4.39 Å². The molecule has 0 saturated carbocycles. The highest BCUT2D eigenvalue weighted by Gasteiger charge is 2.17. The zero-order valence-electron chi connectivity index (χ0n) is 9.22. The monoisotopic (exact) mass is 219 g/mol. The Kier molecular flexibility index (Phi) is 3.04. The van der Waals surface area contributed by atoms with Crippen LogP contribution in [0.2, 0.25) is 0 Å². The number of carbonyl (C=O) groups is 1. The molecule has 0 bridgehead atoms. The number of nitrogens with one attached hydrogen (secondary N) is 1. The van der Waals surface area contributed by atoms with Gasteiger partial charge >= 0.3 is 0 Å². The van der Waals surface area contributed by atoms with E-state index in [-0.39, 0.29) is 11.7 Å². The van der Waals surface area contributed by atoms with Gasteiger partial charge in [0, 0.05) is 12.6 Å². The van der Waals surface area contributed by atoms with Crippen molar-refractivity contribution in [3.05, 3.63) is 41.2 Å². The molecule has 0 fully saturated rings. The maximum Gasteiger partial charge on any atom is 0.244 e. The van der Waals surface area contributed by atoms with Crippen LogP contribution in [0.15, 0.2) is 24.3 Å². The van der Waals surface area contributed by atoms with Crippen LogP contribution in [-0.4, -0.2) is 12.5 Å². The van der Waals surface area contributed by atoms with Crippen molar-refractivity contribution in [1.82, 2.24) is 5.32 Å². The van der Waals surface area contributed by atoms with Crippen LogP contribution in [0, 0.1) is 5.82 Å². The topological polar surface area (TPSA) is 29.1 Å². The first-order valence-corrected chi connectivity index (χ1v) is 5.48. The minimum Gasteiger partial charge on any atom is -0.353 e. The van der Waals surface area contributed by atoms with Crippen molar-refractivity contribution in [2.75, 3.05) is 6.54 Å². The van der Waals surface area contributed by atoms with Gasteiger partial charge in [0.25, 0.3) is 0 Å². The fourth-order valence-electron chi connectivity index (χ4n) is 2.00. The molecule has 1 amide bonds. The lowest BCUT2D eigenvalue weighted by molar-refractivity contribution is -0.116. The molecule has 2 rings (SSSR count). The van der Waals surface area contributed by atoms with Crippen molar-refractivity contribution in [2.24, 2.45) is 0 Å². The second-order valence-electron chi connectivity index (χ2n) is 3.87. The smallest absolute Gasteiger partial charge is 0.244 e. The van der Waals surface area contributed by atoms with Gasteiger partial charge in [-0.1, -0.05) is 6.07 Å². The number of halogens is 1. The largest absolute Gasteiger partial charge is 0.353 e. The molecular formula is C13H14FNO. The lowest BCUT2D eigenvalue weighted by Gasteiger charge is -2.01. The third-order valence-electron chi connectivity index (χ3n) is 2.74. The van der Waals surface area contributed by atoms with Gasteiger partial charge in [0.1, 0.15) is 5.82 Å². The molecule has 0 radical (unpaired) electrons. The zero-order valence-corrected chi connectivity index (χ0v) is 9.22. The molecule has 0 saturated heterocycles. The molecule has 0 aliphatic heterocycles. The first-order valence-electron chi connectivity index (χ1n) is 5.48. The lowest BCUT2D eigenvalue weighted by atomic mass is 10.1. The third kappa shape index (κ3) is 2.13. The van der Waals surface area contributed by atoms with E-state index in [1.807, 2.05) is 6.92 Å². The van der Waals surface area contributed by atoms with E-state index < -0.39 is 0 Å². The van der Waals surface area contributed by atoms with Crippen LogP contribution in [0.1, 0.15) is 24.5 Å². The van der Waals surface area contributed by atoms with Gasteiger partial charge in [-0.15, -0.1) is 0 Å². The van der Waals surface area contributed by atoms with E-state index in [0.717, 1.165) is 29.5 Å². The number of allylic oxidation sites excluding steroid dienone is 1. The fourth-order valence-corrected chi connectivity index (χ4v) is 2.00. The summed E-state index contributed by atoms with van der Waals surface area (Å²) in [6.45, 7) is 2.48. The Morgan fingerprint density at radius 3 is 3.06 bits per heavy atom. The molecule has 1 aliphatic carbocycles. The predicted molar refractivity (Wildman–Crippen MR) is 61.4 cm³/mol. The van der Waals surface area contributed by atoms with Crippen LogP contribution >= 0.6 is 0 Å². The van der Waals surface area contributed by atoms with E-state index in [1.54, 1.807) is 12.1 Å². The highest BCUT2D eigenvalue weighted by molar-refractivity contribution is 5.96. The molecule has 1 aromatic rings. The lowest BCUT2D eigenvalue weighted by Crippen LogP contribution is -2.20. The zero-order chi connectivity index (χ0) is 11.5. The quantitative estimate of drug-likeness (QED) is 0.760. The van der Waals surface area contributed by atoms with Crippen LogP contribution in [0.5, 0.6) is 0 Å². The van der Waals surface area contributed by atoms with E-state index >= 15 is 0 Å². The van der Waals surface area contributed by atoms with Crippen molar-refractivity contribution >= 4 is 11.5 Å². The number of aryl methyl sites for hydroxylation is 1. The van der Waals surface area contributed by atoms with E-state index in [4.69, 9.17) is 0 Å². The second-order valence-corrected chi connectivity index (χ2v) is 3.87. The SMILES string of the molecule is CCNC(=O)/C=C1\CCc2ccc(F)cc21. The van der Waals surface area contributed by atoms with Crippen molar-refractivity contribution in [3.8, 4) is 0 Å². The Hall–Kier alpha value is -1.64. The van der Waals surface area contributed by atoms with Crippen LogP contribution in [0.25, 0.3) is 5.57 Å². The molecule has 84 valence electrons. The molecule has 16 heavy (non-hydrogen) atoms. The van der Waals surface area contributed by atoms with Gasteiger partial charge < -0.3 is 5.32 Å². The fraction of sp³-hybridized carbons (Fsp3) is 0.308. The van der Waals surface area contributed by atoms with E-state index in [9.17, 15) is 9.18 Å². The first kappa shape index (κ1) is 10.9. The summed E-state index contributed by atoms with van der Waals surface area (Å²) in [5.41, 5.74) is 2.93. The number of likely N-dealkylation sites (N-methyl/N-ethyl adjacent to an activating group) is 1. The number of rotatable bonds is 2. The molecule has 1 aromatic carbocycles. The number of hydrogen-bond acceptors (Lipinski definition) is 1. The Bertz CT molecular complexity index is 451. The Balaban J connectivity index is 2.29. The van der Waals surface area contributed by atoms with Crippen molar-refractivity contribution in [3.63, 3.8) is 0 Å². The standard InChI is InChI=1S/C13H14FNO/c1-2-15-13(16)7-10-4-3-9-5-6-11(14)8-12(9)10/h5-8H,2-4H2,1H3,(H,15,16)/b10-7+. The molecule has 3 heteroatoms. The minimum atomic E-state index is -0.248. The summed E-state index contributed by atoms with van der Waals surface area (Å²) in [7, 11) is 0. The molecule has 0 spiro atoms. The van der Waals surface area contributed by atoms with Gasteiger partial charge in [-0.25, -0.2) is 4.39 Å². The van der Waals surface area contributed by atoms with Crippen LogP contribution in [-0.2, 0) is 11.2 Å². The summed E-state index contributed by atoms with van der Waals surface area (Å²) >= 11 is 0. The molecule has 0 unspecified atom stereocenters. The van der Waals surface area contributed by atoms with Gasteiger partial charge in [0.2, 0.25) is 5.91 Å². The number of hydrogen-bond donors (Lipinski definition) is 1. The van der Waals surface area contributed by atoms with Crippen molar-refractivity contribution < 1.29 is 9.18 Å². The van der Waals surface area contributed by atoms with Crippen molar-refractivity contribution in [2.45, 2.75) is 19.8 Å². The van der Waals surface area contributed by atoms with Gasteiger partial charge in [-0.2, -0.15) is 0 Å². The van der Waals surface area contributed by atoms with E-state index in [0.29, 0.717) is 6.54 Å². The average molecular weight is 219 g/mol. The number of amides is 1. The third-order valence-corrected chi connectivity index (χ3v) is 2.74. The Labute approximate surface area is 94.2 Å². The summed E-state index contributed by atoms with van der Waals surface area (Å²) in [6, 6.07) is 4.77. The van der Waals surface area contributed by atoms with Gasteiger partial charge in [-0.3, -0.25) is 4.79 Å². The highest BCUT2D eigenvalue weighted by atomic mass is 19.1. The summed E-state index contributed by atoms with van der Waals surface area (Å²) in [5.74, 6) is -0.350. The number of benzene rings is 1. The second kappa shape index (κ2) is 4.47. The average Bonchev–Trinajstić information content (AvgIpc) is 2.61. The normalized spacial score (nSPS) is 16.2. The van der Waals surface area contributed by atoms with Crippen LogP contribution < -0.4 is 5.32 Å². The summed E-state index contributed by atoms with van der Waals surface area (Å²) < 4.78 is 13.1. The summed E-state index contributed by atoms with van der Waals surface area (Å²) in [5, 5.41) is 2.71. The van der Waals surface area contributed by atoms with E-state index in [1.165, 1.54) is 12.1 Å². The van der Waals surface area contributed by atoms with Crippen molar-refractivity contribution in [1.29, 1.82) is 0 Å². The minimum absolute atomic E-state index is 0.102. The molecule has 2 nitrogen and oxygen atoms in total. The maximum absolute atomic E-state index is 13.1. The van der Waals surface area contributed by atoms with Crippen LogP contribution in [0.3, 0.4) is 0 Å². The highest BCUT2D eigenvalue weighted by Crippen LogP contribution is 2.32. The number of fused-ring (bicyclic) bond motifs is 1. The van der Waals surface area contributed by atoms with E-state index in [2.05, 4.69) is 5.32 Å². The summed E-state index contributed by atoms with van der Waals surface area (Å²) in [6.07, 6.45) is 3.28. The van der Waals surface area contributed by atoms with Gasteiger partial charge in [0.15, 0.2) is 0 Å². The maximum atomic E-state index is 13.1. The first-order chi connectivity index (χ1) is 7.70. The summed E-state index contributed by atoms with van der Waals surface area (Å²) in [4.78, 5) is 11.4. The Morgan fingerprint density at radius 2 is 2.31 bits per heavy atom. The molecule has 0 aromatic heterocycles. The predicted octanol–water partition coefficient (Wildman–Crippen LogP) is 2.29.